The SMILES string of the molecule is C=C1[C@H]2C[C@@H]3CC(=O)C(C)=C([C@@H](OC(C)=O)[C@H](OC(C)=O)[C@]2(C)[C@@H](OC(C)=O)C[C@@H]1O)C3(C)C. The largest absolute Gasteiger partial charge is 0.462 e. The second kappa shape index (κ2) is 8.95. The third-order valence-electron chi connectivity index (χ3n) is 8.31. The first-order chi connectivity index (χ1) is 15.6. The van der Waals surface area contributed by atoms with Crippen molar-refractivity contribution in [1.82, 2.24) is 0 Å². The van der Waals surface area contributed by atoms with Crippen LogP contribution >= 0.6 is 0 Å². The Labute approximate surface area is 200 Å². The standard InChI is InChI=1S/C26H36O8/c1-12-18-9-17-10-19(30)13(2)22(25(17,6)7)23(33-15(4)28)24(34-16(5)29)26(18,8)21(11-20(12)31)32-14(3)27/h17-18,20-21,23-24,31H,1,9-11H2,2-8H3/t17-,18-,20+,21+,23-,24+,26+/m1/s1. The van der Waals surface area contributed by atoms with Gasteiger partial charge in [-0.05, 0) is 47.3 Å². The number of rotatable bonds is 3. The Bertz CT molecular complexity index is 960. The summed E-state index contributed by atoms with van der Waals surface area (Å²) in [5, 5.41) is 10.8. The number of fused-ring (bicyclic) bond motifs is 3. The highest BCUT2D eigenvalue weighted by molar-refractivity contribution is 5.97. The van der Waals surface area contributed by atoms with Gasteiger partial charge >= 0.3 is 17.9 Å². The Balaban J connectivity index is 2.37. The van der Waals surface area contributed by atoms with Crippen molar-refractivity contribution in [2.45, 2.75) is 92.1 Å². The third-order valence-corrected chi connectivity index (χ3v) is 8.31. The Morgan fingerprint density at radius 3 is 2.06 bits per heavy atom. The van der Waals surface area contributed by atoms with Crippen LogP contribution < -0.4 is 0 Å². The molecule has 3 rings (SSSR count). The number of Topliss-reactive ketones (excluding diaryl/α,β-unsaturated/α-hetero) is 1. The maximum atomic E-state index is 13.1. The molecule has 2 saturated carbocycles. The lowest BCUT2D eigenvalue weighted by Gasteiger charge is -2.58. The minimum Gasteiger partial charge on any atom is -0.462 e. The predicted octanol–water partition coefficient (Wildman–Crippen LogP) is 3.06. The molecule has 1 N–H and O–H groups in total. The summed E-state index contributed by atoms with van der Waals surface area (Å²) < 4.78 is 17.5. The van der Waals surface area contributed by atoms with Crippen LogP contribution in [0, 0.1) is 22.7 Å². The molecule has 2 fully saturated rings. The summed E-state index contributed by atoms with van der Waals surface area (Å²) in [6.07, 6.45) is -3.10. The van der Waals surface area contributed by atoms with Gasteiger partial charge < -0.3 is 19.3 Å². The van der Waals surface area contributed by atoms with Crippen LogP contribution in [0.4, 0.5) is 0 Å². The van der Waals surface area contributed by atoms with Gasteiger partial charge in [-0.3, -0.25) is 19.2 Å². The second-order valence-electron chi connectivity index (χ2n) is 10.7. The summed E-state index contributed by atoms with van der Waals surface area (Å²) in [6.45, 7) is 15.5. The fourth-order valence-corrected chi connectivity index (χ4v) is 6.50. The summed E-state index contributed by atoms with van der Waals surface area (Å²) in [5.74, 6) is -2.41. The van der Waals surface area contributed by atoms with Crippen LogP contribution in [0.2, 0.25) is 0 Å². The van der Waals surface area contributed by atoms with Gasteiger partial charge in [0.05, 0.1) is 11.5 Å². The summed E-state index contributed by atoms with van der Waals surface area (Å²) in [6, 6.07) is 0. The monoisotopic (exact) mass is 476 g/mol. The van der Waals surface area contributed by atoms with Gasteiger partial charge in [-0.1, -0.05) is 27.4 Å². The van der Waals surface area contributed by atoms with Gasteiger partial charge in [0.25, 0.3) is 0 Å². The van der Waals surface area contributed by atoms with Crippen molar-refractivity contribution in [3.05, 3.63) is 23.3 Å². The number of ether oxygens (including phenoxy) is 3. The van der Waals surface area contributed by atoms with E-state index in [1.807, 2.05) is 20.8 Å². The van der Waals surface area contributed by atoms with E-state index in [-0.39, 0.29) is 18.1 Å². The minimum absolute atomic E-state index is 0.0554. The topological polar surface area (TPSA) is 116 Å². The molecule has 8 nitrogen and oxygen atoms in total. The molecule has 0 radical (unpaired) electrons. The number of allylic oxidation sites excluding steroid dienone is 1. The second-order valence-corrected chi connectivity index (χ2v) is 10.7. The lowest BCUT2D eigenvalue weighted by atomic mass is 9.50. The van der Waals surface area contributed by atoms with E-state index < -0.39 is 59.1 Å². The molecular weight excluding hydrogens is 440 g/mol. The molecule has 0 aromatic heterocycles. The van der Waals surface area contributed by atoms with Gasteiger partial charge in [-0.2, -0.15) is 0 Å². The molecule has 7 atom stereocenters. The molecule has 0 heterocycles. The Kier molecular flexibility index (Phi) is 6.88. The van der Waals surface area contributed by atoms with Crippen LogP contribution in [0.5, 0.6) is 0 Å². The van der Waals surface area contributed by atoms with E-state index >= 15 is 0 Å². The molecule has 34 heavy (non-hydrogen) atoms. The molecule has 3 aliphatic carbocycles. The summed E-state index contributed by atoms with van der Waals surface area (Å²) in [7, 11) is 0. The minimum atomic E-state index is -1.08. The zero-order valence-electron chi connectivity index (χ0n) is 21.1. The van der Waals surface area contributed by atoms with Gasteiger partial charge in [0.1, 0.15) is 6.10 Å². The number of carbonyl (C=O) groups is 4. The van der Waals surface area contributed by atoms with E-state index in [0.29, 0.717) is 29.6 Å². The highest BCUT2D eigenvalue weighted by Gasteiger charge is 2.63. The van der Waals surface area contributed by atoms with E-state index in [4.69, 9.17) is 14.2 Å². The molecule has 0 aromatic rings. The van der Waals surface area contributed by atoms with Crippen LogP contribution in [0.25, 0.3) is 0 Å². The van der Waals surface area contributed by atoms with Crippen molar-refractivity contribution in [1.29, 1.82) is 0 Å². The third kappa shape index (κ3) is 4.21. The molecule has 188 valence electrons. The van der Waals surface area contributed by atoms with Crippen LogP contribution in [0.15, 0.2) is 23.3 Å². The zero-order valence-corrected chi connectivity index (χ0v) is 21.1. The molecule has 0 unspecified atom stereocenters. The molecule has 8 heteroatoms. The van der Waals surface area contributed by atoms with Gasteiger partial charge in [-0.25, -0.2) is 0 Å². The van der Waals surface area contributed by atoms with Crippen LogP contribution in [-0.4, -0.2) is 53.2 Å². The van der Waals surface area contributed by atoms with E-state index in [2.05, 4.69) is 6.58 Å². The van der Waals surface area contributed by atoms with Crippen molar-refractivity contribution < 1.29 is 38.5 Å². The van der Waals surface area contributed by atoms with Crippen molar-refractivity contribution in [3.63, 3.8) is 0 Å². The Morgan fingerprint density at radius 2 is 1.53 bits per heavy atom. The van der Waals surface area contributed by atoms with E-state index in [1.54, 1.807) is 6.92 Å². The molecule has 0 aromatic carbocycles. The number of carbonyl (C=O) groups excluding carboxylic acids is 4. The number of ketones is 1. The van der Waals surface area contributed by atoms with Crippen molar-refractivity contribution >= 4 is 23.7 Å². The fraction of sp³-hybridized carbons (Fsp3) is 0.692. The maximum Gasteiger partial charge on any atom is 0.303 e. The quantitative estimate of drug-likeness (QED) is 0.375. The zero-order chi connectivity index (χ0) is 25.7. The number of hydrogen-bond donors (Lipinski definition) is 1. The summed E-state index contributed by atoms with van der Waals surface area (Å²) in [4.78, 5) is 49.9. The Hall–Kier alpha value is -2.48. The lowest BCUT2D eigenvalue weighted by molar-refractivity contribution is -0.210. The van der Waals surface area contributed by atoms with Gasteiger partial charge in [0, 0.05) is 33.6 Å². The van der Waals surface area contributed by atoms with E-state index in [1.165, 1.54) is 20.8 Å². The molecular formula is C26H36O8. The first-order valence-electron chi connectivity index (χ1n) is 11.7. The average Bonchev–Trinajstić information content (AvgIpc) is 2.69. The van der Waals surface area contributed by atoms with E-state index in [0.717, 1.165) is 0 Å². The summed E-state index contributed by atoms with van der Waals surface area (Å²) >= 11 is 0. The number of aliphatic hydroxyl groups is 1. The lowest BCUT2D eigenvalue weighted by Crippen LogP contribution is -2.64. The van der Waals surface area contributed by atoms with Crippen molar-refractivity contribution in [2.24, 2.45) is 22.7 Å². The molecule has 0 saturated heterocycles. The van der Waals surface area contributed by atoms with Gasteiger partial charge in [0.2, 0.25) is 0 Å². The van der Waals surface area contributed by atoms with E-state index in [9.17, 15) is 24.3 Å². The normalized spacial score (nSPS) is 37.2. The molecule has 0 amide bonds. The fourth-order valence-electron chi connectivity index (χ4n) is 6.50. The first-order valence-corrected chi connectivity index (χ1v) is 11.7. The van der Waals surface area contributed by atoms with Gasteiger partial charge in [-0.15, -0.1) is 0 Å². The Morgan fingerprint density at radius 1 is 0.971 bits per heavy atom. The first kappa shape index (κ1) is 26.1. The highest BCUT2D eigenvalue weighted by Crippen LogP contribution is 2.60. The maximum absolute atomic E-state index is 13.1. The number of hydrogen-bond acceptors (Lipinski definition) is 8. The van der Waals surface area contributed by atoms with Crippen LogP contribution in [-0.2, 0) is 33.4 Å². The average molecular weight is 477 g/mol. The molecule has 0 aliphatic heterocycles. The predicted molar refractivity (Wildman–Crippen MR) is 122 cm³/mol. The van der Waals surface area contributed by atoms with Crippen LogP contribution in [0.1, 0.15) is 67.7 Å². The molecule has 3 aliphatic rings. The number of esters is 3. The van der Waals surface area contributed by atoms with Crippen LogP contribution in [0.3, 0.4) is 0 Å². The summed E-state index contributed by atoms with van der Waals surface area (Å²) in [5.41, 5.74) is -0.00694. The van der Waals surface area contributed by atoms with Crippen molar-refractivity contribution in [2.75, 3.05) is 0 Å². The highest BCUT2D eigenvalue weighted by atomic mass is 16.6. The molecule has 0 spiro atoms. The van der Waals surface area contributed by atoms with Gasteiger partial charge in [0.15, 0.2) is 18.0 Å². The van der Waals surface area contributed by atoms with Crippen molar-refractivity contribution in [3.8, 4) is 0 Å². The molecule has 2 bridgehead atoms. The number of aliphatic hydroxyl groups excluding tert-OH is 1. The smallest absolute Gasteiger partial charge is 0.303 e.